The zero-order valence-corrected chi connectivity index (χ0v) is 13.8. The van der Waals surface area contributed by atoms with Crippen LogP contribution in [0.25, 0.3) is 0 Å². The maximum Gasteiger partial charge on any atom is 0.271 e. The van der Waals surface area contributed by atoms with Gasteiger partial charge in [-0.2, -0.15) is 0 Å². The Balaban J connectivity index is 2.13. The lowest BCUT2D eigenvalue weighted by Crippen LogP contribution is -2.47. The Morgan fingerprint density at radius 1 is 1.41 bits per heavy atom. The molecule has 2 atom stereocenters. The first-order chi connectivity index (χ1) is 10.4. The number of aliphatic hydroxyl groups excluding tert-OH is 1. The summed E-state index contributed by atoms with van der Waals surface area (Å²) in [6.07, 6.45) is 5.11. The van der Waals surface area contributed by atoms with Crippen LogP contribution in [0.5, 0.6) is 0 Å². The second kappa shape index (κ2) is 6.60. The summed E-state index contributed by atoms with van der Waals surface area (Å²) >= 11 is 0. The van der Waals surface area contributed by atoms with Gasteiger partial charge in [-0.05, 0) is 24.2 Å². The van der Waals surface area contributed by atoms with Crippen molar-refractivity contribution in [1.82, 2.24) is 15.3 Å². The number of piperidine rings is 1. The van der Waals surface area contributed by atoms with Gasteiger partial charge in [-0.25, -0.2) is 9.97 Å². The number of carbonyl (C=O) groups is 1. The molecule has 0 unspecified atom stereocenters. The number of aromatic nitrogens is 2. The summed E-state index contributed by atoms with van der Waals surface area (Å²) in [5.74, 6) is 1.06. The fourth-order valence-corrected chi connectivity index (χ4v) is 3.03. The number of aliphatic hydroxyl groups is 1. The molecule has 2 heterocycles. The normalized spacial score (nSPS) is 22.5. The van der Waals surface area contributed by atoms with E-state index in [9.17, 15) is 9.90 Å². The van der Waals surface area contributed by atoms with Gasteiger partial charge in [0.2, 0.25) is 0 Å². The molecule has 2 rings (SSSR count). The molecule has 0 aliphatic carbocycles. The maximum absolute atomic E-state index is 11.5. The summed E-state index contributed by atoms with van der Waals surface area (Å²) < 4.78 is 0. The van der Waals surface area contributed by atoms with Crippen LogP contribution in [0.1, 0.15) is 44.1 Å². The van der Waals surface area contributed by atoms with Crippen LogP contribution in [-0.2, 0) is 0 Å². The number of anilines is 1. The fraction of sp³-hybridized carbons (Fsp3) is 0.688. The summed E-state index contributed by atoms with van der Waals surface area (Å²) in [4.78, 5) is 22.1. The molecule has 1 aliphatic rings. The van der Waals surface area contributed by atoms with Crippen LogP contribution in [0.15, 0.2) is 12.4 Å². The second-order valence-corrected chi connectivity index (χ2v) is 6.96. The predicted octanol–water partition coefficient (Wildman–Crippen LogP) is 1.46. The van der Waals surface area contributed by atoms with Crippen molar-refractivity contribution >= 4 is 11.7 Å². The minimum Gasteiger partial charge on any atom is -0.394 e. The third kappa shape index (κ3) is 3.55. The molecule has 0 radical (unpaired) electrons. The van der Waals surface area contributed by atoms with Crippen molar-refractivity contribution < 1.29 is 9.90 Å². The van der Waals surface area contributed by atoms with Crippen LogP contribution in [0, 0.1) is 11.3 Å². The Morgan fingerprint density at radius 2 is 2.14 bits per heavy atom. The van der Waals surface area contributed by atoms with E-state index < -0.39 is 0 Å². The van der Waals surface area contributed by atoms with Gasteiger partial charge in [-0.15, -0.1) is 0 Å². The number of rotatable bonds is 3. The quantitative estimate of drug-likeness (QED) is 0.884. The number of nitrogens with one attached hydrogen (secondary N) is 1. The summed E-state index contributed by atoms with van der Waals surface area (Å²) in [6, 6.07) is 0.0538. The van der Waals surface area contributed by atoms with E-state index in [1.165, 1.54) is 6.20 Å². The van der Waals surface area contributed by atoms with Gasteiger partial charge in [-0.3, -0.25) is 4.79 Å². The van der Waals surface area contributed by atoms with Crippen LogP contribution in [0.4, 0.5) is 5.82 Å². The lowest BCUT2D eigenvalue weighted by atomic mass is 9.73. The second-order valence-electron chi connectivity index (χ2n) is 6.96. The Morgan fingerprint density at radius 3 is 2.64 bits per heavy atom. The molecule has 1 aromatic heterocycles. The molecular formula is C16H26N4O2. The molecule has 1 amide bonds. The lowest BCUT2D eigenvalue weighted by molar-refractivity contribution is 0.0957. The maximum atomic E-state index is 11.5. The third-order valence-corrected chi connectivity index (χ3v) is 4.54. The van der Waals surface area contributed by atoms with Gasteiger partial charge in [0.1, 0.15) is 11.5 Å². The molecule has 6 heteroatoms. The number of nitrogens with zero attached hydrogens (tertiary/aromatic N) is 3. The predicted molar refractivity (Wildman–Crippen MR) is 85.8 cm³/mol. The van der Waals surface area contributed by atoms with Crippen molar-refractivity contribution in [2.75, 3.05) is 25.1 Å². The zero-order chi connectivity index (χ0) is 16.3. The largest absolute Gasteiger partial charge is 0.394 e. The number of carbonyl (C=O) groups excluding carboxylic acids is 1. The molecule has 122 valence electrons. The monoisotopic (exact) mass is 306 g/mol. The van der Waals surface area contributed by atoms with Crippen LogP contribution >= 0.6 is 0 Å². The van der Waals surface area contributed by atoms with E-state index in [0.717, 1.165) is 25.2 Å². The van der Waals surface area contributed by atoms with Crippen LogP contribution in [0.3, 0.4) is 0 Å². The molecule has 1 aliphatic heterocycles. The summed E-state index contributed by atoms with van der Waals surface area (Å²) in [6.45, 7) is 7.70. The Kier molecular flexibility index (Phi) is 5.01. The van der Waals surface area contributed by atoms with Crippen molar-refractivity contribution in [3.8, 4) is 0 Å². The van der Waals surface area contributed by atoms with Gasteiger partial charge in [-0.1, -0.05) is 20.8 Å². The van der Waals surface area contributed by atoms with Crippen molar-refractivity contribution in [3.05, 3.63) is 18.1 Å². The molecule has 1 aromatic rings. The zero-order valence-electron chi connectivity index (χ0n) is 13.8. The molecule has 2 N–H and O–H groups in total. The molecule has 1 saturated heterocycles. The number of amides is 1. The SMILES string of the molecule is CNC(=O)c1cnc(N2CC[C@H](C(C)(C)C)C[C@@H]2CO)cn1. The molecule has 0 spiro atoms. The number of hydrogen-bond acceptors (Lipinski definition) is 5. The Labute approximate surface area is 132 Å². The third-order valence-electron chi connectivity index (χ3n) is 4.54. The standard InChI is InChI=1S/C16H26N4O2/c1-16(2,3)11-5-6-20(12(7-11)10-21)14-9-18-13(8-19-14)15(22)17-4/h8-9,11-12,21H,5-7,10H2,1-4H3,(H,17,22)/t11-,12+/m0/s1. The van der Waals surface area contributed by atoms with Crippen LogP contribution in [0.2, 0.25) is 0 Å². The number of hydrogen-bond donors (Lipinski definition) is 2. The lowest BCUT2D eigenvalue weighted by Gasteiger charge is -2.43. The molecule has 6 nitrogen and oxygen atoms in total. The van der Waals surface area contributed by atoms with Gasteiger partial charge in [0.05, 0.1) is 25.0 Å². The molecule has 0 aromatic carbocycles. The van der Waals surface area contributed by atoms with Crippen molar-refractivity contribution in [2.24, 2.45) is 11.3 Å². The Bertz CT molecular complexity index is 510. The summed E-state index contributed by atoms with van der Waals surface area (Å²) in [5, 5.41) is 12.3. The van der Waals surface area contributed by atoms with Gasteiger partial charge < -0.3 is 15.3 Å². The first-order valence-electron chi connectivity index (χ1n) is 7.78. The fourth-order valence-electron chi connectivity index (χ4n) is 3.03. The van der Waals surface area contributed by atoms with E-state index in [-0.39, 0.29) is 24.0 Å². The average molecular weight is 306 g/mol. The Hall–Kier alpha value is -1.69. The van der Waals surface area contributed by atoms with E-state index in [2.05, 4.69) is 41.0 Å². The van der Waals surface area contributed by atoms with Gasteiger partial charge >= 0.3 is 0 Å². The summed E-state index contributed by atoms with van der Waals surface area (Å²) in [7, 11) is 1.57. The van der Waals surface area contributed by atoms with Gasteiger partial charge in [0.15, 0.2) is 0 Å². The first-order valence-corrected chi connectivity index (χ1v) is 7.78. The van der Waals surface area contributed by atoms with Crippen molar-refractivity contribution in [2.45, 2.75) is 39.7 Å². The van der Waals surface area contributed by atoms with Gasteiger partial charge in [0.25, 0.3) is 5.91 Å². The summed E-state index contributed by atoms with van der Waals surface area (Å²) in [5.41, 5.74) is 0.547. The molecule has 1 fully saturated rings. The molecular weight excluding hydrogens is 280 g/mol. The highest BCUT2D eigenvalue weighted by Gasteiger charge is 2.34. The van der Waals surface area contributed by atoms with E-state index in [0.29, 0.717) is 11.6 Å². The highest BCUT2D eigenvalue weighted by Crippen LogP contribution is 2.37. The van der Waals surface area contributed by atoms with E-state index in [4.69, 9.17) is 0 Å². The smallest absolute Gasteiger partial charge is 0.271 e. The minimum atomic E-state index is -0.246. The highest BCUT2D eigenvalue weighted by molar-refractivity contribution is 5.91. The van der Waals surface area contributed by atoms with E-state index >= 15 is 0 Å². The van der Waals surface area contributed by atoms with E-state index in [1.807, 2.05) is 0 Å². The molecule has 0 bridgehead atoms. The van der Waals surface area contributed by atoms with Crippen LogP contribution in [-0.4, -0.2) is 47.2 Å². The average Bonchev–Trinajstić information content (AvgIpc) is 2.52. The van der Waals surface area contributed by atoms with Gasteiger partial charge in [0, 0.05) is 13.6 Å². The van der Waals surface area contributed by atoms with E-state index in [1.54, 1.807) is 13.2 Å². The minimum absolute atomic E-state index is 0.0538. The van der Waals surface area contributed by atoms with Crippen LogP contribution < -0.4 is 10.2 Å². The molecule has 22 heavy (non-hydrogen) atoms. The first kappa shape index (κ1) is 16.7. The highest BCUT2D eigenvalue weighted by atomic mass is 16.3. The molecule has 0 saturated carbocycles. The van der Waals surface area contributed by atoms with Crippen molar-refractivity contribution in [1.29, 1.82) is 0 Å². The topological polar surface area (TPSA) is 78.4 Å². The van der Waals surface area contributed by atoms with Crippen molar-refractivity contribution in [3.63, 3.8) is 0 Å².